The first-order valence-corrected chi connectivity index (χ1v) is 9.10. The highest BCUT2D eigenvalue weighted by Crippen LogP contribution is 2.22. The van der Waals surface area contributed by atoms with E-state index in [1.54, 1.807) is 43.3 Å². The van der Waals surface area contributed by atoms with E-state index < -0.39 is 5.54 Å². The van der Waals surface area contributed by atoms with Crippen LogP contribution in [0.2, 0.25) is 0 Å². The first-order chi connectivity index (χ1) is 13.9. The Morgan fingerprint density at radius 1 is 1.03 bits per heavy atom. The third-order valence-electron chi connectivity index (χ3n) is 5.10. The van der Waals surface area contributed by atoms with E-state index in [1.807, 2.05) is 18.2 Å². The minimum Gasteiger partial charge on any atom is -0.508 e. The Balaban J connectivity index is 1.72. The van der Waals surface area contributed by atoms with E-state index in [0.29, 0.717) is 32.9 Å². The van der Waals surface area contributed by atoms with Gasteiger partial charge in [0.25, 0.3) is 5.91 Å². The van der Waals surface area contributed by atoms with Gasteiger partial charge in [-0.25, -0.2) is 0 Å². The number of pyridine rings is 1. The fourth-order valence-electron chi connectivity index (χ4n) is 3.37. The molecule has 29 heavy (non-hydrogen) atoms. The topological polar surface area (TPSA) is 106 Å². The summed E-state index contributed by atoms with van der Waals surface area (Å²) in [6.45, 7) is 1.71. The lowest BCUT2D eigenvalue weighted by Gasteiger charge is -2.27. The van der Waals surface area contributed by atoms with Gasteiger partial charge in [-0.1, -0.05) is 24.3 Å². The van der Waals surface area contributed by atoms with Gasteiger partial charge in [0.2, 0.25) is 0 Å². The van der Waals surface area contributed by atoms with Crippen molar-refractivity contribution in [3.8, 4) is 5.75 Å². The van der Waals surface area contributed by atoms with E-state index in [-0.39, 0.29) is 17.1 Å². The van der Waals surface area contributed by atoms with E-state index in [0.717, 1.165) is 6.21 Å². The molecule has 0 saturated heterocycles. The maximum atomic E-state index is 12.9. The molecule has 0 fully saturated rings. The minimum atomic E-state index is -1.05. The van der Waals surface area contributed by atoms with Gasteiger partial charge in [-0.05, 0) is 55.0 Å². The number of amides is 1. The Labute approximate surface area is 166 Å². The molecule has 1 aromatic heterocycles. The molecule has 1 atom stereocenters. The number of carbonyl (C=O) groups excluding carboxylic acids is 1. The summed E-state index contributed by atoms with van der Waals surface area (Å²) in [6, 6.07) is 18.4. The number of hydrogen-bond acceptors (Lipinski definition) is 4. The molecule has 6 nitrogen and oxygen atoms in total. The summed E-state index contributed by atoms with van der Waals surface area (Å²) in [5.74, 6) is -0.266. The number of hydrogen-bond donors (Lipinski definition) is 4. The summed E-state index contributed by atoms with van der Waals surface area (Å²) < 4.78 is 0. The number of benzene rings is 3. The second kappa shape index (κ2) is 6.91. The lowest BCUT2D eigenvalue weighted by molar-refractivity contribution is 0.0928. The smallest absolute Gasteiger partial charge is 0.252 e. The van der Waals surface area contributed by atoms with Gasteiger partial charge in [-0.15, -0.1) is 0 Å². The maximum absolute atomic E-state index is 12.9. The molecule has 0 bridgehead atoms. The molecule has 1 unspecified atom stereocenters. The van der Waals surface area contributed by atoms with Gasteiger partial charge in [0.1, 0.15) is 5.75 Å². The predicted octanol–water partition coefficient (Wildman–Crippen LogP) is 3.68. The highest BCUT2D eigenvalue weighted by molar-refractivity contribution is 6.01. The second-order valence-corrected chi connectivity index (χ2v) is 7.11. The van der Waals surface area contributed by atoms with E-state index in [2.05, 4.69) is 10.3 Å². The molecule has 6 heteroatoms. The summed E-state index contributed by atoms with van der Waals surface area (Å²) in [6.07, 6.45) is 1.15. The Kier molecular flexibility index (Phi) is 4.39. The van der Waals surface area contributed by atoms with Crippen LogP contribution < -0.4 is 10.7 Å². The van der Waals surface area contributed by atoms with Gasteiger partial charge in [-0.2, -0.15) is 0 Å². The molecule has 0 saturated carbocycles. The van der Waals surface area contributed by atoms with Gasteiger partial charge in [0.05, 0.1) is 11.1 Å². The monoisotopic (exact) mass is 385 g/mol. The Hall–Kier alpha value is -3.93. The summed E-state index contributed by atoms with van der Waals surface area (Å²) in [4.78, 5) is 28.8. The fourth-order valence-corrected chi connectivity index (χ4v) is 3.37. The lowest BCUT2D eigenvalue weighted by atomic mass is 9.92. The molecule has 4 rings (SSSR count). The van der Waals surface area contributed by atoms with Crippen LogP contribution in [0.1, 0.15) is 22.8 Å². The molecule has 0 aliphatic rings. The number of para-hydroxylation sites is 1. The molecule has 4 N–H and O–H groups in total. The van der Waals surface area contributed by atoms with Gasteiger partial charge in [0.15, 0.2) is 5.43 Å². The van der Waals surface area contributed by atoms with Crippen LogP contribution in [0.4, 0.5) is 0 Å². The molecule has 4 aromatic rings. The van der Waals surface area contributed by atoms with Gasteiger partial charge in [0, 0.05) is 28.1 Å². The number of nitrogens with one attached hydrogen (secondary N) is 3. The molecule has 1 amide bonds. The zero-order valence-corrected chi connectivity index (χ0v) is 15.7. The summed E-state index contributed by atoms with van der Waals surface area (Å²) in [5, 5.41) is 21.2. The predicted molar refractivity (Wildman–Crippen MR) is 114 cm³/mol. The molecule has 0 spiro atoms. The van der Waals surface area contributed by atoms with Crippen molar-refractivity contribution in [1.82, 2.24) is 10.3 Å². The number of rotatable bonds is 4. The largest absolute Gasteiger partial charge is 0.508 e. The summed E-state index contributed by atoms with van der Waals surface area (Å²) in [5.41, 5.74) is 1.18. The summed E-state index contributed by atoms with van der Waals surface area (Å²) >= 11 is 0. The number of H-pyrrole nitrogens is 1. The van der Waals surface area contributed by atoms with Crippen LogP contribution in [-0.4, -0.2) is 22.2 Å². The van der Waals surface area contributed by atoms with Crippen LogP contribution in [0, 0.1) is 5.41 Å². The number of phenols is 1. The second-order valence-electron chi connectivity index (χ2n) is 7.11. The van der Waals surface area contributed by atoms with Crippen molar-refractivity contribution in [2.45, 2.75) is 12.5 Å². The van der Waals surface area contributed by atoms with Crippen molar-refractivity contribution in [3.63, 3.8) is 0 Å². The van der Waals surface area contributed by atoms with E-state index in [9.17, 15) is 14.7 Å². The van der Waals surface area contributed by atoms with Gasteiger partial charge < -0.3 is 20.8 Å². The number of carbonyl (C=O) groups is 1. The van der Waals surface area contributed by atoms with Gasteiger partial charge >= 0.3 is 0 Å². The Morgan fingerprint density at radius 2 is 1.72 bits per heavy atom. The summed E-state index contributed by atoms with van der Waals surface area (Å²) in [7, 11) is 0. The van der Waals surface area contributed by atoms with Gasteiger partial charge in [-0.3, -0.25) is 9.59 Å². The molecule has 144 valence electrons. The molecular formula is C23H19N3O3. The number of fused-ring (bicyclic) bond motifs is 2. The third-order valence-corrected chi connectivity index (χ3v) is 5.10. The van der Waals surface area contributed by atoms with Crippen molar-refractivity contribution in [2.24, 2.45) is 0 Å². The average molecular weight is 385 g/mol. The van der Waals surface area contributed by atoms with E-state index >= 15 is 0 Å². The maximum Gasteiger partial charge on any atom is 0.252 e. The van der Waals surface area contributed by atoms with Crippen molar-refractivity contribution in [1.29, 1.82) is 5.41 Å². The Morgan fingerprint density at radius 3 is 2.45 bits per heavy atom. The molecular weight excluding hydrogens is 366 g/mol. The number of aromatic amines is 1. The van der Waals surface area contributed by atoms with Crippen LogP contribution in [0.5, 0.6) is 5.75 Å². The first-order valence-electron chi connectivity index (χ1n) is 9.10. The molecule has 0 aliphatic heterocycles. The molecule has 0 radical (unpaired) electrons. The van der Waals surface area contributed by atoms with Crippen LogP contribution in [-0.2, 0) is 5.54 Å². The van der Waals surface area contributed by atoms with Crippen LogP contribution in [0.3, 0.4) is 0 Å². The Bertz CT molecular complexity index is 1310. The molecule has 3 aromatic carbocycles. The standard InChI is InChI=1S/C23H19N3O3/c1-23(13-24,15-7-9-16(27)10-8-15)26-22(29)14-6-11-18-20(12-14)25-19-5-3-2-4-17(19)21(18)28/h2-13,24,27H,1H3,(H,25,28)(H,26,29). The number of aromatic hydroxyl groups is 1. The average Bonchev–Trinajstić information content (AvgIpc) is 2.74. The van der Waals surface area contributed by atoms with Crippen molar-refractivity contribution < 1.29 is 9.90 Å². The van der Waals surface area contributed by atoms with Crippen LogP contribution in [0.15, 0.2) is 71.5 Å². The highest BCUT2D eigenvalue weighted by atomic mass is 16.3. The van der Waals surface area contributed by atoms with Crippen molar-refractivity contribution in [2.75, 3.05) is 0 Å². The van der Waals surface area contributed by atoms with Crippen molar-refractivity contribution >= 4 is 33.9 Å². The van der Waals surface area contributed by atoms with E-state index in [1.165, 1.54) is 12.1 Å². The normalized spacial score (nSPS) is 13.1. The quantitative estimate of drug-likeness (QED) is 0.318. The minimum absolute atomic E-state index is 0.0882. The number of phenolic OH excluding ortho intramolecular Hbond substituents is 1. The SMILES string of the molecule is CC(C=N)(NC(=O)c1ccc2c(=O)c3ccccc3[nH]c2c1)c1ccc(O)cc1. The van der Waals surface area contributed by atoms with Crippen molar-refractivity contribution in [3.05, 3.63) is 88.1 Å². The van der Waals surface area contributed by atoms with Crippen LogP contribution in [0.25, 0.3) is 21.8 Å². The molecule has 1 heterocycles. The van der Waals surface area contributed by atoms with E-state index in [4.69, 9.17) is 5.41 Å². The fraction of sp³-hybridized carbons (Fsp3) is 0.0870. The number of aromatic nitrogens is 1. The first kappa shape index (κ1) is 18.4. The van der Waals surface area contributed by atoms with Crippen LogP contribution >= 0.6 is 0 Å². The molecule has 0 aliphatic carbocycles. The zero-order chi connectivity index (χ0) is 20.6. The zero-order valence-electron chi connectivity index (χ0n) is 15.7. The lowest BCUT2D eigenvalue weighted by Crippen LogP contribution is -2.44. The highest BCUT2D eigenvalue weighted by Gasteiger charge is 2.27. The third kappa shape index (κ3) is 3.25.